The maximum Gasteiger partial charge on any atom is 0.432 e. The summed E-state index contributed by atoms with van der Waals surface area (Å²) in [6.45, 7) is 3.46. The molecular formula is C20H20F3N5O. The monoisotopic (exact) mass is 403 g/mol. The second-order valence-corrected chi connectivity index (χ2v) is 6.86. The molecule has 1 aromatic heterocycles. The lowest BCUT2D eigenvalue weighted by Crippen LogP contribution is -2.21. The molecule has 0 aliphatic heterocycles. The van der Waals surface area contributed by atoms with Crippen molar-refractivity contribution in [2.24, 2.45) is 5.92 Å². The van der Waals surface area contributed by atoms with Gasteiger partial charge in [0.2, 0.25) is 0 Å². The summed E-state index contributed by atoms with van der Waals surface area (Å²) in [6, 6.07) is 6.59. The van der Waals surface area contributed by atoms with Crippen molar-refractivity contribution < 1.29 is 18.0 Å². The van der Waals surface area contributed by atoms with Crippen molar-refractivity contribution >= 4 is 23.0 Å². The Balaban J connectivity index is 1.68. The van der Waals surface area contributed by atoms with Gasteiger partial charge >= 0.3 is 6.18 Å². The van der Waals surface area contributed by atoms with E-state index in [0.29, 0.717) is 34.2 Å². The van der Waals surface area contributed by atoms with E-state index in [4.69, 9.17) is 5.41 Å². The molecule has 0 bridgehead atoms. The first-order chi connectivity index (χ1) is 13.6. The number of allylic oxidation sites excluding steroid dienone is 2. The summed E-state index contributed by atoms with van der Waals surface area (Å²) in [5, 5.41) is 12.9. The Morgan fingerprint density at radius 3 is 2.24 bits per heavy atom. The van der Waals surface area contributed by atoms with Gasteiger partial charge in [-0.05, 0) is 62.9 Å². The number of carbonyl (C=O) groups is 1. The van der Waals surface area contributed by atoms with Crippen LogP contribution in [-0.2, 0) is 0 Å². The number of benzene rings is 1. The lowest BCUT2D eigenvalue weighted by molar-refractivity contribution is -0.0584. The fourth-order valence-corrected chi connectivity index (χ4v) is 2.70. The van der Waals surface area contributed by atoms with E-state index >= 15 is 0 Å². The number of rotatable bonds is 6. The third-order valence-corrected chi connectivity index (χ3v) is 4.40. The van der Waals surface area contributed by atoms with Crippen LogP contribution in [0.4, 0.5) is 24.5 Å². The number of alkyl halides is 3. The number of aromatic nitrogens is 2. The minimum atomic E-state index is -4.67. The molecule has 0 radical (unpaired) electrons. The third kappa shape index (κ3) is 5.40. The number of carbonyl (C=O) groups excluding carboxylic acids is 1. The average Bonchev–Trinajstić information content (AvgIpc) is 3.46. The topological polar surface area (TPSA) is 90.8 Å². The maximum atomic E-state index is 12.7. The molecule has 1 saturated carbocycles. The number of hydrogen-bond acceptors (Lipinski definition) is 5. The summed E-state index contributed by atoms with van der Waals surface area (Å²) in [5.41, 5.74) is 1.02. The molecule has 29 heavy (non-hydrogen) atoms. The summed E-state index contributed by atoms with van der Waals surface area (Å²) in [4.78, 5) is 20.6. The summed E-state index contributed by atoms with van der Waals surface area (Å²) in [6.07, 6.45) is -0.793. The first kappa shape index (κ1) is 20.5. The normalized spacial score (nSPS) is 14.4. The van der Waals surface area contributed by atoms with E-state index in [9.17, 15) is 18.0 Å². The number of anilines is 2. The lowest BCUT2D eigenvalue weighted by Gasteiger charge is -2.13. The van der Waals surface area contributed by atoms with Crippen molar-refractivity contribution in [3.8, 4) is 0 Å². The van der Waals surface area contributed by atoms with Crippen molar-refractivity contribution in [1.82, 2.24) is 9.97 Å². The molecular weight excluding hydrogens is 383 g/mol. The number of aryl methyl sites for hydroxylation is 2. The highest BCUT2D eigenvalue weighted by molar-refractivity contribution is 6.04. The van der Waals surface area contributed by atoms with Crippen molar-refractivity contribution in [2.75, 3.05) is 10.6 Å². The summed E-state index contributed by atoms with van der Waals surface area (Å²) in [7, 11) is 0. The molecule has 1 aliphatic rings. The second-order valence-electron chi connectivity index (χ2n) is 6.86. The Bertz CT molecular complexity index is 963. The minimum Gasteiger partial charge on any atom is -0.359 e. The van der Waals surface area contributed by atoms with Crippen LogP contribution in [0.2, 0.25) is 0 Å². The van der Waals surface area contributed by atoms with Crippen LogP contribution in [0.15, 0.2) is 42.2 Å². The lowest BCUT2D eigenvalue weighted by atomic mass is 10.2. The van der Waals surface area contributed by atoms with Gasteiger partial charge in [-0.15, -0.1) is 0 Å². The molecule has 1 fully saturated rings. The fourth-order valence-electron chi connectivity index (χ4n) is 2.70. The highest BCUT2D eigenvalue weighted by Crippen LogP contribution is 2.37. The zero-order valence-corrected chi connectivity index (χ0v) is 15.9. The molecule has 1 amide bonds. The Kier molecular flexibility index (Phi) is 5.67. The Morgan fingerprint density at radius 1 is 1.14 bits per heavy atom. The SMILES string of the molecule is Cc1ncc(C(=O)Nc2ccc(N/C(=C\C(=N)C(F)(F)F)C3CC3)cc2)c(C)n1. The predicted molar refractivity (Wildman–Crippen MR) is 104 cm³/mol. The molecule has 1 aromatic carbocycles. The van der Waals surface area contributed by atoms with E-state index in [1.807, 2.05) is 0 Å². The number of nitrogens with one attached hydrogen (secondary N) is 3. The Labute approximate surface area is 165 Å². The second kappa shape index (κ2) is 8.02. The van der Waals surface area contributed by atoms with Crippen LogP contribution in [0.3, 0.4) is 0 Å². The molecule has 0 unspecified atom stereocenters. The van der Waals surface area contributed by atoms with E-state index in [-0.39, 0.29) is 11.8 Å². The van der Waals surface area contributed by atoms with Crippen LogP contribution < -0.4 is 10.6 Å². The van der Waals surface area contributed by atoms with Crippen LogP contribution >= 0.6 is 0 Å². The van der Waals surface area contributed by atoms with Crippen molar-refractivity contribution in [3.63, 3.8) is 0 Å². The first-order valence-corrected chi connectivity index (χ1v) is 8.99. The number of halogens is 3. The quantitative estimate of drug-likeness (QED) is 0.613. The van der Waals surface area contributed by atoms with Crippen LogP contribution in [0, 0.1) is 25.2 Å². The number of amides is 1. The van der Waals surface area contributed by atoms with Gasteiger partial charge < -0.3 is 10.6 Å². The first-order valence-electron chi connectivity index (χ1n) is 8.99. The minimum absolute atomic E-state index is 0.00147. The van der Waals surface area contributed by atoms with E-state index in [1.54, 1.807) is 38.1 Å². The number of nitrogens with zero attached hydrogens (tertiary/aromatic N) is 2. The van der Waals surface area contributed by atoms with Gasteiger partial charge in [0.15, 0.2) is 0 Å². The molecule has 6 nitrogen and oxygen atoms in total. The molecule has 3 N–H and O–H groups in total. The van der Waals surface area contributed by atoms with Crippen molar-refractivity contribution in [3.05, 3.63) is 59.3 Å². The molecule has 1 aliphatic carbocycles. The molecule has 0 atom stereocenters. The molecule has 0 saturated heterocycles. The summed E-state index contributed by atoms with van der Waals surface area (Å²) < 4.78 is 38.0. The van der Waals surface area contributed by atoms with Gasteiger partial charge in [0.05, 0.1) is 11.3 Å². The largest absolute Gasteiger partial charge is 0.432 e. The molecule has 0 spiro atoms. The Morgan fingerprint density at radius 2 is 1.72 bits per heavy atom. The zero-order valence-electron chi connectivity index (χ0n) is 15.9. The van der Waals surface area contributed by atoms with Crippen LogP contribution in [0.5, 0.6) is 0 Å². The zero-order chi connectivity index (χ0) is 21.2. The molecule has 2 aromatic rings. The fraction of sp³-hybridized carbons (Fsp3) is 0.300. The van der Waals surface area contributed by atoms with Gasteiger partial charge in [0.25, 0.3) is 5.91 Å². The number of hydrogen-bond donors (Lipinski definition) is 3. The van der Waals surface area contributed by atoms with Gasteiger partial charge in [0.1, 0.15) is 11.5 Å². The van der Waals surface area contributed by atoms with Gasteiger partial charge in [-0.2, -0.15) is 13.2 Å². The standard InChI is InChI=1S/C20H20F3N5O/c1-11-16(10-25-12(2)26-11)19(29)28-15-7-5-14(6-8-15)27-17(13-3-4-13)9-18(24)20(21,22)23/h5-10,13,24,27H,3-4H2,1-2H3,(H,28,29)/b17-9-,24-18?. The van der Waals surface area contributed by atoms with Crippen LogP contribution in [0.1, 0.15) is 34.7 Å². The molecule has 152 valence electrons. The third-order valence-electron chi connectivity index (χ3n) is 4.40. The van der Waals surface area contributed by atoms with E-state index in [1.165, 1.54) is 6.20 Å². The van der Waals surface area contributed by atoms with E-state index < -0.39 is 11.9 Å². The van der Waals surface area contributed by atoms with E-state index in [2.05, 4.69) is 20.6 Å². The van der Waals surface area contributed by atoms with Crippen LogP contribution in [0.25, 0.3) is 0 Å². The van der Waals surface area contributed by atoms with Crippen molar-refractivity contribution in [2.45, 2.75) is 32.9 Å². The average molecular weight is 403 g/mol. The van der Waals surface area contributed by atoms with Crippen LogP contribution in [-0.4, -0.2) is 27.8 Å². The van der Waals surface area contributed by atoms with E-state index in [0.717, 1.165) is 18.9 Å². The molecule has 3 rings (SSSR count). The van der Waals surface area contributed by atoms with Gasteiger partial charge in [-0.25, -0.2) is 9.97 Å². The highest BCUT2D eigenvalue weighted by Gasteiger charge is 2.35. The summed E-state index contributed by atoms with van der Waals surface area (Å²) >= 11 is 0. The maximum absolute atomic E-state index is 12.7. The smallest absolute Gasteiger partial charge is 0.359 e. The van der Waals surface area contributed by atoms with Gasteiger partial charge in [0, 0.05) is 23.3 Å². The molecule has 1 heterocycles. The highest BCUT2D eigenvalue weighted by atomic mass is 19.4. The molecule has 9 heteroatoms. The summed E-state index contributed by atoms with van der Waals surface area (Å²) in [5.74, 6) is 0.231. The predicted octanol–water partition coefficient (Wildman–Crippen LogP) is 4.63. The van der Waals surface area contributed by atoms with Crippen molar-refractivity contribution in [1.29, 1.82) is 5.41 Å². The van der Waals surface area contributed by atoms with Gasteiger partial charge in [-0.1, -0.05) is 0 Å². The Hall–Kier alpha value is -3.23. The van der Waals surface area contributed by atoms with Gasteiger partial charge in [-0.3, -0.25) is 10.2 Å².